The van der Waals surface area contributed by atoms with E-state index in [4.69, 9.17) is 19.5 Å². The monoisotopic (exact) mass is 554 g/mol. The highest BCUT2D eigenvalue weighted by molar-refractivity contribution is 6.50. The van der Waals surface area contributed by atoms with Crippen molar-refractivity contribution in [1.82, 2.24) is 19.8 Å². The van der Waals surface area contributed by atoms with Crippen LogP contribution in [0.3, 0.4) is 0 Å². The highest BCUT2D eigenvalue weighted by atomic mass is 16.5. The number of hydrogen-bond acceptors (Lipinski definition) is 11. The Kier molecular flexibility index (Phi) is 8.62. The first-order valence-electron chi connectivity index (χ1n) is 13.3. The highest BCUT2D eigenvalue weighted by Crippen LogP contribution is 2.35. The molecule has 210 valence electrons. The largest absolute Gasteiger partial charge is 0.493 e. The Hall–Kier alpha value is -4.66. The number of hydrogen-bond donors (Lipinski definition) is 0. The van der Waals surface area contributed by atoms with Gasteiger partial charge in [0.2, 0.25) is 5.78 Å². The van der Waals surface area contributed by atoms with E-state index in [1.54, 1.807) is 19.2 Å². The summed E-state index contributed by atoms with van der Waals surface area (Å²) in [4.78, 5) is 43.6. The molecule has 41 heavy (non-hydrogen) atoms. The lowest BCUT2D eigenvalue weighted by atomic mass is 9.98. The van der Waals surface area contributed by atoms with Gasteiger partial charge in [-0.3, -0.25) is 14.5 Å². The van der Waals surface area contributed by atoms with E-state index in [2.05, 4.69) is 25.9 Å². The van der Waals surface area contributed by atoms with E-state index in [1.165, 1.54) is 19.5 Å². The van der Waals surface area contributed by atoms with Crippen molar-refractivity contribution in [3.05, 3.63) is 65.6 Å². The summed E-state index contributed by atoms with van der Waals surface area (Å²) in [6, 6.07) is 13.1. The average Bonchev–Trinajstić information content (AvgIpc) is 2.99. The van der Waals surface area contributed by atoms with Crippen molar-refractivity contribution in [2.24, 2.45) is 4.99 Å². The zero-order chi connectivity index (χ0) is 28.8. The molecule has 5 rings (SSSR count). The van der Waals surface area contributed by atoms with Crippen LogP contribution in [-0.4, -0.2) is 90.7 Å². The van der Waals surface area contributed by atoms with Gasteiger partial charge in [0.15, 0.2) is 23.1 Å². The van der Waals surface area contributed by atoms with Crippen molar-refractivity contribution in [1.29, 1.82) is 5.26 Å². The van der Waals surface area contributed by atoms with E-state index in [-0.39, 0.29) is 29.5 Å². The summed E-state index contributed by atoms with van der Waals surface area (Å²) in [5, 5.41) is 9.56. The van der Waals surface area contributed by atoms with E-state index in [9.17, 15) is 9.59 Å². The van der Waals surface area contributed by atoms with Crippen molar-refractivity contribution in [3.8, 4) is 17.6 Å². The van der Waals surface area contributed by atoms with Gasteiger partial charge in [0, 0.05) is 57.4 Å². The summed E-state index contributed by atoms with van der Waals surface area (Å²) in [5.74, 6) is 0.798. The topological polar surface area (TPSA) is 130 Å². The summed E-state index contributed by atoms with van der Waals surface area (Å²) >= 11 is 0. The minimum absolute atomic E-state index is 0.100. The lowest BCUT2D eigenvalue weighted by Gasteiger charge is -2.37. The molecule has 0 N–H and O–H groups in total. The molecule has 2 aromatic carbocycles. The Morgan fingerprint density at radius 1 is 1.00 bits per heavy atom. The molecule has 3 aromatic rings. The van der Waals surface area contributed by atoms with Crippen LogP contribution in [0.5, 0.6) is 11.5 Å². The first-order chi connectivity index (χ1) is 20.0. The van der Waals surface area contributed by atoms with E-state index < -0.39 is 0 Å². The number of Topliss-reactive ketones (excluding diaryl/α,β-unsaturated/α-hetero) is 1. The predicted molar refractivity (Wildman–Crippen MR) is 151 cm³/mol. The summed E-state index contributed by atoms with van der Waals surface area (Å²) in [6.07, 6.45) is 2.66. The third-order valence-corrected chi connectivity index (χ3v) is 7.05. The smallest absolute Gasteiger partial charge is 0.202 e. The predicted octanol–water partition coefficient (Wildman–Crippen LogP) is 2.85. The minimum atomic E-state index is -0.308. The molecule has 1 fully saturated rings. The maximum absolute atomic E-state index is 13.1. The van der Waals surface area contributed by atoms with Gasteiger partial charge in [-0.15, -0.1) is 0 Å². The van der Waals surface area contributed by atoms with E-state index in [0.717, 1.165) is 25.2 Å². The van der Waals surface area contributed by atoms with E-state index in [0.29, 0.717) is 60.0 Å². The number of nitrogens with zero attached hydrogens (tertiary/aromatic N) is 6. The molecule has 0 bridgehead atoms. The summed E-state index contributed by atoms with van der Waals surface area (Å²) in [7, 11) is 3.12. The fraction of sp³-hybridized carbons (Fsp3) is 0.333. The van der Waals surface area contributed by atoms with Crippen LogP contribution in [0.1, 0.15) is 17.5 Å². The second-order valence-electron chi connectivity index (χ2n) is 9.68. The lowest BCUT2D eigenvalue weighted by molar-refractivity contribution is -0.118. The Morgan fingerprint density at radius 3 is 2.49 bits per heavy atom. The number of piperazine rings is 1. The van der Waals surface area contributed by atoms with Crippen molar-refractivity contribution >= 4 is 34.0 Å². The van der Waals surface area contributed by atoms with Gasteiger partial charge in [-0.05, 0) is 23.8 Å². The molecule has 2 aliphatic rings. The van der Waals surface area contributed by atoms with Gasteiger partial charge in [-0.1, -0.05) is 12.1 Å². The molecule has 0 atom stereocenters. The molecule has 11 nitrogen and oxygen atoms in total. The average molecular weight is 555 g/mol. The molecule has 1 aromatic heterocycles. The van der Waals surface area contributed by atoms with Gasteiger partial charge in [-0.25, -0.2) is 15.0 Å². The number of ketones is 2. The summed E-state index contributed by atoms with van der Waals surface area (Å²) < 4.78 is 16.3. The van der Waals surface area contributed by atoms with E-state index >= 15 is 0 Å². The number of carbonyl (C=O) groups is 2. The molecule has 0 radical (unpaired) electrons. The van der Waals surface area contributed by atoms with Crippen molar-refractivity contribution in [2.45, 2.75) is 13.0 Å². The van der Waals surface area contributed by atoms with Crippen molar-refractivity contribution in [2.75, 3.05) is 53.6 Å². The maximum atomic E-state index is 13.1. The fourth-order valence-electron chi connectivity index (χ4n) is 4.84. The standard InChI is InChI=1S/C30H30N6O5/c1-39-11-12-41-29-15-23-22(13-28(29)40-2)30(33-19-32-23)34-24-14-27(38)25(16-26(24)37)36-9-7-35(8-10-36)18-21-5-3-20(17-31)4-6-21/h3-6,13,15-16,19H,7-12,14,18H2,1-2H3. The molecular weight excluding hydrogens is 524 g/mol. The molecule has 11 heteroatoms. The zero-order valence-electron chi connectivity index (χ0n) is 23.0. The molecule has 1 aliphatic heterocycles. The molecule has 1 aliphatic carbocycles. The quantitative estimate of drug-likeness (QED) is 0.364. The number of aromatic nitrogens is 2. The van der Waals surface area contributed by atoms with Gasteiger partial charge in [0.05, 0.1) is 48.7 Å². The zero-order valence-corrected chi connectivity index (χ0v) is 23.0. The second-order valence-corrected chi connectivity index (χ2v) is 9.68. The summed E-state index contributed by atoms with van der Waals surface area (Å²) in [5.41, 5.74) is 2.90. The number of nitriles is 1. The molecule has 0 amide bonds. The molecule has 0 saturated carbocycles. The highest BCUT2D eigenvalue weighted by Gasteiger charge is 2.30. The summed E-state index contributed by atoms with van der Waals surface area (Å²) in [6.45, 7) is 4.31. The first kappa shape index (κ1) is 27.9. The normalized spacial score (nSPS) is 17.0. The molecule has 1 saturated heterocycles. The second kappa shape index (κ2) is 12.7. The first-order valence-corrected chi connectivity index (χ1v) is 13.3. The number of ether oxygens (including phenoxy) is 3. The van der Waals surface area contributed by atoms with Crippen LogP contribution >= 0.6 is 0 Å². The van der Waals surface area contributed by atoms with Crippen LogP contribution in [0.4, 0.5) is 5.82 Å². The third kappa shape index (κ3) is 6.40. The SMILES string of the molecule is COCCOc1cc2ncnc(N=C3CC(=O)C(N4CCN(Cc5ccc(C#N)cc5)CC4)=CC3=O)c2cc1OC. The van der Waals surface area contributed by atoms with Gasteiger partial charge in [0.25, 0.3) is 0 Å². The van der Waals surface area contributed by atoms with Crippen LogP contribution in [0.15, 0.2) is 59.5 Å². The Morgan fingerprint density at radius 2 is 1.78 bits per heavy atom. The third-order valence-electron chi connectivity index (χ3n) is 7.05. The number of rotatable bonds is 9. The lowest BCUT2D eigenvalue weighted by Crippen LogP contribution is -2.47. The fourth-order valence-corrected chi connectivity index (χ4v) is 4.84. The van der Waals surface area contributed by atoms with Crippen LogP contribution in [0.2, 0.25) is 0 Å². The van der Waals surface area contributed by atoms with Crippen LogP contribution < -0.4 is 9.47 Å². The Balaban J connectivity index is 1.29. The number of fused-ring (bicyclic) bond motifs is 1. The maximum Gasteiger partial charge on any atom is 0.202 e. The number of benzene rings is 2. The Labute approximate surface area is 237 Å². The minimum Gasteiger partial charge on any atom is -0.493 e. The number of carbonyl (C=O) groups excluding carboxylic acids is 2. The number of aliphatic imine (C=N–C) groups is 1. The van der Waals surface area contributed by atoms with Gasteiger partial charge < -0.3 is 19.1 Å². The van der Waals surface area contributed by atoms with Crippen LogP contribution in [-0.2, 0) is 20.9 Å². The molecule has 0 unspecified atom stereocenters. The van der Waals surface area contributed by atoms with Gasteiger partial charge in [-0.2, -0.15) is 5.26 Å². The van der Waals surface area contributed by atoms with Crippen molar-refractivity contribution in [3.63, 3.8) is 0 Å². The van der Waals surface area contributed by atoms with Crippen LogP contribution in [0.25, 0.3) is 10.9 Å². The molecule has 2 heterocycles. The number of allylic oxidation sites excluding steroid dienone is 2. The van der Waals surface area contributed by atoms with Gasteiger partial charge in [0.1, 0.15) is 12.9 Å². The van der Waals surface area contributed by atoms with Crippen LogP contribution in [0, 0.1) is 11.3 Å². The van der Waals surface area contributed by atoms with Crippen molar-refractivity contribution < 1.29 is 23.8 Å². The number of methoxy groups -OCH3 is 2. The molecular formula is C30H30N6O5. The Bertz CT molecular complexity index is 1550. The molecule has 0 spiro atoms. The van der Waals surface area contributed by atoms with E-state index in [1.807, 2.05) is 29.2 Å². The van der Waals surface area contributed by atoms with Gasteiger partial charge >= 0.3 is 0 Å².